The summed E-state index contributed by atoms with van der Waals surface area (Å²) in [6.07, 6.45) is 15.6. The Morgan fingerprint density at radius 1 is 0.396 bits per heavy atom. The second kappa shape index (κ2) is 41.3. The monoisotopic (exact) mass is 758 g/mol. The van der Waals surface area contributed by atoms with Gasteiger partial charge in [0.05, 0.1) is 118 Å². The molecule has 0 saturated carbocycles. The molecule has 0 amide bonds. The van der Waals surface area contributed by atoms with Crippen LogP contribution < -0.4 is 5.32 Å². The number of carbonyl (C=O) groups excluding carboxylic acids is 1. The summed E-state index contributed by atoms with van der Waals surface area (Å²) in [6.45, 7) is 15.0. The Hall–Kier alpha value is -1.87. The highest BCUT2D eigenvalue weighted by Gasteiger charge is 2.07. The van der Waals surface area contributed by atoms with Crippen molar-refractivity contribution < 1.29 is 52.2 Å². The lowest BCUT2D eigenvalue weighted by Gasteiger charge is -2.09. The number of unbranched alkanes of at least 4 members (excludes halogenated alkanes) is 10. The van der Waals surface area contributed by atoms with Crippen LogP contribution in [-0.4, -0.2) is 138 Å². The number of carbonyl (C=O) groups is 1. The molecule has 0 aromatic heterocycles. The molecule has 0 aliphatic rings. The van der Waals surface area contributed by atoms with Gasteiger partial charge in [-0.2, -0.15) is 0 Å². The summed E-state index contributed by atoms with van der Waals surface area (Å²) >= 11 is 0. The Labute approximate surface area is 321 Å². The van der Waals surface area contributed by atoms with Gasteiger partial charge >= 0.3 is 5.97 Å². The number of rotatable bonds is 43. The van der Waals surface area contributed by atoms with Crippen molar-refractivity contribution in [3.05, 3.63) is 29.8 Å². The van der Waals surface area contributed by atoms with Gasteiger partial charge in [-0.05, 0) is 37.1 Å². The summed E-state index contributed by atoms with van der Waals surface area (Å²) < 4.78 is 55.0. The molecule has 0 atom stereocenters. The molecule has 0 unspecified atom stereocenters. The van der Waals surface area contributed by atoms with Crippen molar-refractivity contribution in [3.63, 3.8) is 0 Å². The third-order valence-corrected chi connectivity index (χ3v) is 8.06. The second-order valence-corrected chi connectivity index (χ2v) is 12.7. The minimum atomic E-state index is -0.357. The molecule has 0 bridgehead atoms. The molecule has 12 heteroatoms. The molecule has 12 nitrogen and oxygen atoms in total. The van der Waals surface area contributed by atoms with Crippen LogP contribution in [0.25, 0.3) is 0 Å². The van der Waals surface area contributed by atoms with Gasteiger partial charge in [0.25, 0.3) is 0 Å². The zero-order valence-electron chi connectivity index (χ0n) is 33.4. The van der Waals surface area contributed by atoms with Gasteiger partial charge in [0, 0.05) is 18.8 Å². The van der Waals surface area contributed by atoms with Gasteiger partial charge in [-0.3, -0.25) is 0 Å². The van der Waals surface area contributed by atoms with Crippen LogP contribution in [0.4, 0.5) is 5.69 Å². The molecular weight excluding hydrogens is 682 g/mol. The van der Waals surface area contributed by atoms with Crippen molar-refractivity contribution in [2.24, 2.45) is 0 Å². The Bertz CT molecular complexity index is 878. The Morgan fingerprint density at radius 2 is 0.717 bits per heavy atom. The van der Waals surface area contributed by atoms with Crippen molar-refractivity contribution in [2.75, 3.05) is 137 Å². The maximum Gasteiger partial charge on any atom is 0.338 e. The normalized spacial score (nSPS) is 11.4. The van der Waals surface area contributed by atoms with Gasteiger partial charge in [0.2, 0.25) is 0 Å². The van der Waals surface area contributed by atoms with E-state index in [1.54, 1.807) is 12.1 Å². The van der Waals surface area contributed by atoms with Crippen molar-refractivity contribution in [1.29, 1.82) is 0 Å². The number of ether oxygens (including phenoxy) is 10. The minimum absolute atomic E-state index is 0.195. The van der Waals surface area contributed by atoms with Crippen LogP contribution in [0.2, 0.25) is 0 Å². The summed E-state index contributed by atoms with van der Waals surface area (Å²) in [6, 6.07) is 7.31. The van der Waals surface area contributed by atoms with Crippen LogP contribution in [0.5, 0.6) is 0 Å². The van der Waals surface area contributed by atoms with Gasteiger partial charge in [0.1, 0.15) is 6.61 Å². The lowest BCUT2D eigenvalue weighted by molar-refractivity contribution is -0.0259. The predicted molar refractivity (Wildman–Crippen MR) is 209 cm³/mol. The van der Waals surface area contributed by atoms with Crippen LogP contribution in [0.1, 0.15) is 101 Å². The molecular formula is C41H75NO11. The first kappa shape index (κ1) is 49.1. The smallest absolute Gasteiger partial charge is 0.338 e. The number of benzene rings is 1. The molecule has 0 spiro atoms. The van der Waals surface area contributed by atoms with E-state index >= 15 is 0 Å². The molecule has 0 saturated heterocycles. The number of anilines is 1. The molecule has 1 aromatic carbocycles. The molecule has 1 rings (SSSR count). The van der Waals surface area contributed by atoms with E-state index in [4.69, 9.17) is 47.4 Å². The van der Waals surface area contributed by atoms with Crippen LogP contribution in [0, 0.1) is 0 Å². The SMILES string of the molecule is CCCCCCCCCCCCOCCOCCOCCOCCOCCOCCOCCOCCOCCOC(=O)c1ccc(NCCCC)cc1. The summed E-state index contributed by atoms with van der Waals surface area (Å²) in [7, 11) is 0. The topological polar surface area (TPSA) is 121 Å². The Morgan fingerprint density at radius 3 is 1.09 bits per heavy atom. The van der Waals surface area contributed by atoms with Gasteiger partial charge < -0.3 is 52.7 Å². The van der Waals surface area contributed by atoms with Crippen LogP contribution in [0.15, 0.2) is 24.3 Å². The van der Waals surface area contributed by atoms with Crippen LogP contribution >= 0.6 is 0 Å². The van der Waals surface area contributed by atoms with Gasteiger partial charge in [-0.15, -0.1) is 0 Å². The minimum Gasteiger partial charge on any atom is -0.460 e. The summed E-state index contributed by atoms with van der Waals surface area (Å²) in [5, 5.41) is 3.32. The van der Waals surface area contributed by atoms with E-state index in [1.165, 1.54) is 57.8 Å². The largest absolute Gasteiger partial charge is 0.460 e. The second-order valence-electron chi connectivity index (χ2n) is 12.7. The first-order chi connectivity index (χ1) is 26.3. The van der Waals surface area contributed by atoms with Crippen LogP contribution in [0.3, 0.4) is 0 Å². The summed E-state index contributed by atoms with van der Waals surface area (Å²) in [5.41, 5.74) is 1.52. The zero-order chi connectivity index (χ0) is 38.0. The van der Waals surface area contributed by atoms with Gasteiger partial charge in [-0.1, -0.05) is 78.1 Å². The summed E-state index contributed by atoms with van der Waals surface area (Å²) in [5.74, 6) is -0.357. The fourth-order valence-electron chi connectivity index (χ4n) is 4.96. The molecule has 1 N–H and O–H groups in total. The zero-order valence-corrected chi connectivity index (χ0v) is 33.4. The van der Waals surface area contributed by atoms with E-state index in [0.717, 1.165) is 38.1 Å². The maximum atomic E-state index is 12.1. The molecule has 0 radical (unpaired) electrons. The van der Waals surface area contributed by atoms with E-state index in [1.807, 2.05) is 12.1 Å². The van der Waals surface area contributed by atoms with Gasteiger partial charge in [0.15, 0.2) is 0 Å². The third-order valence-electron chi connectivity index (χ3n) is 8.06. The molecule has 53 heavy (non-hydrogen) atoms. The average molecular weight is 758 g/mol. The van der Waals surface area contributed by atoms with Crippen molar-refractivity contribution in [1.82, 2.24) is 0 Å². The molecule has 0 aliphatic heterocycles. The highest BCUT2D eigenvalue weighted by Crippen LogP contribution is 2.12. The van der Waals surface area contributed by atoms with Crippen molar-refractivity contribution in [3.8, 4) is 0 Å². The van der Waals surface area contributed by atoms with Gasteiger partial charge in [-0.25, -0.2) is 4.79 Å². The fourth-order valence-corrected chi connectivity index (χ4v) is 4.96. The predicted octanol–water partition coefficient (Wildman–Crippen LogP) is 7.13. The van der Waals surface area contributed by atoms with Crippen molar-refractivity contribution >= 4 is 11.7 Å². The Balaban J connectivity index is 1.67. The Kier molecular flexibility index (Phi) is 38.3. The number of esters is 1. The standard InChI is InChI=1S/C41H75NO11/c1-3-5-7-8-9-10-11-12-13-14-20-44-21-22-45-23-24-46-25-26-47-27-28-48-29-30-49-31-32-50-33-34-51-35-36-52-37-38-53-41(43)39-15-17-40(18-16-39)42-19-6-4-2/h15-18,42H,3-14,19-38H2,1-2H3. The number of nitrogens with one attached hydrogen (secondary N) is 1. The molecule has 0 aliphatic carbocycles. The lowest BCUT2D eigenvalue weighted by atomic mass is 10.1. The average Bonchev–Trinajstić information content (AvgIpc) is 3.17. The molecule has 0 fully saturated rings. The first-order valence-electron chi connectivity index (χ1n) is 20.5. The van der Waals surface area contributed by atoms with E-state index in [9.17, 15) is 4.79 Å². The summed E-state index contributed by atoms with van der Waals surface area (Å²) in [4.78, 5) is 12.1. The number of hydrogen-bond acceptors (Lipinski definition) is 12. The fraction of sp³-hybridized carbons (Fsp3) is 0.829. The van der Waals surface area contributed by atoms with Crippen LogP contribution in [-0.2, 0) is 47.4 Å². The first-order valence-corrected chi connectivity index (χ1v) is 20.5. The van der Waals surface area contributed by atoms with E-state index in [2.05, 4.69) is 19.2 Å². The highest BCUT2D eigenvalue weighted by atomic mass is 16.6. The maximum absolute atomic E-state index is 12.1. The molecule has 310 valence electrons. The quantitative estimate of drug-likeness (QED) is 0.0539. The molecule has 0 heterocycles. The van der Waals surface area contributed by atoms with E-state index in [-0.39, 0.29) is 12.6 Å². The van der Waals surface area contributed by atoms with Crippen molar-refractivity contribution in [2.45, 2.75) is 90.9 Å². The lowest BCUT2D eigenvalue weighted by Crippen LogP contribution is -2.15. The highest BCUT2D eigenvalue weighted by molar-refractivity contribution is 5.89. The van der Waals surface area contributed by atoms with E-state index in [0.29, 0.717) is 118 Å². The molecule has 1 aromatic rings. The van der Waals surface area contributed by atoms with E-state index < -0.39 is 0 Å². The third kappa shape index (κ3) is 35.6. The number of hydrogen-bond donors (Lipinski definition) is 1.